The van der Waals surface area contributed by atoms with Gasteiger partial charge in [-0.2, -0.15) is 0 Å². The molecule has 0 radical (unpaired) electrons. The third-order valence-corrected chi connectivity index (χ3v) is 1.90. The Morgan fingerprint density at radius 1 is 1.75 bits per heavy atom. The van der Waals surface area contributed by atoms with Gasteiger partial charge in [-0.3, -0.25) is 4.79 Å². The van der Waals surface area contributed by atoms with Crippen LogP contribution in [0, 0.1) is 0 Å². The van der Waals surface area contributed by atoms with Gasteiger partial charge in [0, 0.05) is 12.2 Å². The van der Waals surface area contributed by atoms with Crippen molar-refractivity contribution in [3.63, 3.8) is 0 Å². The molecule has 0 unspecified atom stereocenters. The van der Waals surface area contributed by atoms with Gasteiger partial charge in [0.1, 0.15) is 0 Å². The molecule has 0 N–H and O–H groups in total. The first-order valence-electron chi connectivity index (χ1n) is 2.60. The molecule has 0 aromatic heterocycles. The van der Waals surface area contributed by atoms with E-state index in [1.54, 1.807) is 0 Å². The molecule has 0 saturated carbocycles. The summed E-state index contributed by atoms with van der Waals surface area (Å²) >= 11 is 1.41. The SMILES string of the molecule is CC1=CCSC(=O)C1. The van der Waals surface area contributed by atoms with Crippen LogP contribution in [0.1, 0.15) is 13.3 Å². The average Bonchev–Trinajstić information content (AvgIpc) is 1.64. The second kappa shape index (κ2) is 2.35. The van der Waals surface area contributed by atoms with Gasteiger partial charge in [-0.15, -0.1) is 0 Å². The first kappa shape index (κ1) is 5.89. The summed E-state index contributed by atoms with van der Waals surface area (Å²) in [4.78, 5) is 10.6. The Balaban J connectivity index is 2.57. The van der Waals surface area contributed by atoms with Gasteiger partial charge >= 0.3 is 0 Å². The van der Waals surface area contributed by atoms with Crippen molar-refractivity contribution in [1.29, 1.82) is 0 Å². The molecule has 44 valence electrons. The number of allylic oxidation sites excluding steroid dienone is 1. The molecular weight excluding hydrogens is 120 g/mol. The predicted octanol–water partition coefficient (Wildman–Crippen LogP) is 1.60. The maximum Gasteiger partial charge on any atom is 0.193 e. The third kappa shape index (κ3) is 1.37. The van der Waals surface area contributed by atoms with E-state index in [0.717, 1.165) is 5.75 Å². The minimum absolute atomic E-state index is 0.310. The van der Waals surface area contributed by atoms with Gasteiger partial charge in [0.2, 0.25) is 0 Å². The van der Waals surface area contributed by atoms with Gasteiger partial charge < -0.3 is 0 Å². The van der Waals surface area contributed by atoms with Gasteiger partial charge in [0.05, 0.1) is 0 Å². The number of carbonyl (C=O) groups excluding carboxylic acids is 1. The highest BCUT2D eigenvalue weighted by Crippen LogP contribution is 2.17. The van der Waals surface area contributed by atoms with Crippen LogP contribution in [0.3, 0.4) is 0 Å². The molecule has 1 aliphatic rings. The van der Waals surface area contributed by atoms with Gasteiger partial charge in [0.25, 0.3) is 0 Å². The molecule has 0 aromatic rings. The molecule has 0 spiro atoms. The topological polar surface area (TPSA) is 17.1 Å². The Bertz CT molecular complexity index is 137. The molecule has 1 rings (SSSR count). The van der Waals surface area contributed by atoms with Crippen LogP contribution >= 0.6 is 11.8 Å². The second-order valence-corrected chi connectivity index (χ2v) is 2.99. The molecule has 8 heavy (non-hydrogen) atoms. The van der Waals surface area contributed by atoms with E-state index in [1.165, 1.54) is 17.3 Å². The first-order valence-corrected chi connectivity index (χ1v) is 3.59. The van der Waals surface area contributed by atoms with Crippen LogP contribution in [0.15, 0.2) is 11.6 Å². The molecule has 0 fully saturated rings. The minimum Gasteiger partial charge on any atom is -0.287 e. The van der Waals surface area contributed by atoms with Crippen molar-refractivity contribution in [1.82, 2.24) is 0 Å². The summed E-state index contributed by atoms with van der Waals surface area (Å²) < 4.78 is 0. The van der Waals surface area contributed by atoms with Gasteiger partial charge in [0.15, 0.2) is 5.12 Å². The summed E-state index contributed by atoms with van der Waals surface area (Å²) in [5.41, 5.74) is 1.22. The Hall–Kier alpha value is -0.240. The monoisotopic (exact) mass is 128 g/mol. The number of hydrogen-bond acceptors (Lipinski definition) is 2. The Labute approximate surface area is 53.2 Å². The Morgan fingerprint density at radius 3 is 2.88 bits per heavy atom. The summed E-state index contributed by atoms with van der Waals surface area (Å²) in [6.45, 7) is 2.00. The zero-order valence-corrected chi connectivity index (χ0v) is 5.62. The van der Waals surface area contributed by atoms with E-state index in [1.807, 2.05) is 6.92 Å². The molecule has 0 atom stereocenters. The molecule has 0 saturated heterocycles. The zero-order chi connectivity index (χ0) is 5.98. The summed E-state index contributed by atoms with van der Waals surface area (Å²) in [5, 5.41) is 0.310. The van der Waals surface area contributed by atoms with Crippen LogP contribution in [0.2, 0.25) is 0 Å². The highest BCUT2D eigenvalue weighted by Gasteiger charge is 2.06. The Kier molecular flexibility index (Phi) is 1.73. The predicted molar refractivity (Wildman–Crippen MR) is 35.8 cm³/mol. The first-order chi connectivity index (χ1) is 3.79. The molecule has 0 aromatic carbocycles. The summed E-state index contributed by atoms with van der Waals surface area (Å²) in [6, 6.07) is 0. The smallest absolute Gasteiger partial charge is 0.193 e. The van der Waals surface area contributed by atoms with Gasteiger partial charge in [-0.1, -0.05) is 23.4 Å². The second-order valence-electron chi connectivity index (χ2n) is 1.91. The fourth-order valence-electron chi connectivity index (χ4n) is 0.628. The maximum atomic E-state index is 10.6. The highest BCUT2D eigenvalue weighted by molar-refractivity contribution is 8.13. The molecule has 1 heterocycles. The molecular formula is C6H8OS. The lowest BCUT2D eigenvalue weighted by Crippen LogP contribution is -1.98. The van der Waals surface area contributed by atoms with Crippen LogP contribution in [0.5, 0.6) is 0 Å². The van der Waals surface area contributed by atoms with Gasteiger partial charge in [-0.05, 0) is 6.92 Å². The summed E-state index contributed by atoms with van der Waals surface area (Å²) in [5.74, 6) is 0.880. The largest absolute Gasteiger partial charge is 0.287 e. The highest BCUT2D eigenvalue weighted by atomic mass is 32.2. The Morgan fingerprint density at radius 2 is 2.50 bits per heavy atom. The average molecular weight is 128 g/mol. The van der Waals surface area contributed by atoms with Crippen molar-refractivity contribution < 1.29 is 4.79 Å². The fraction of sp³-hybridized carbons (Fsp3) is 0.500. The van der Waals surface area contributed by atoms with E-state index in [9.17, 15) is 4.79 Å². The number of rotatable bonds is 0. The van der Waals surface area contributed by atoms with Crippen LogP contribution in [-0.2, 0) is 4.79 Å². The lowest BCUT2D eigenvalue weighted by Gasteiger charge is -2.04. The molecule has 0 amide bonds. The van der Waals surface area contributed by atoms with Crippen molar-refractivity contribution in [2.24, 2.45) is 0 Å². The maximum absolute atomic E-state index is 10.6. The fourth-order valence-corrected chi connectivity index (χ4v) is 1.51. The normalized spacial score (nSPS) is 20.6. The third-order valence-electron chi connectivity index (χ3n) is 1.10. The van der Waals surface area contributed by atoms with E-state index >= 15 is 0 Å². The number of hydrogen-bond donors (Lipinski definition) is 0. The quantitative estimate of drug-likeness (QED) is 0.461. The lowest BCUT2D eigenvalue weighted by molar-refractivity contribution is -0.110. The molecule has 1 nitrogen and oxygen atoms in total. The minimum atomic E-state index is 0.310. The summed E-state index contributed by atoms with van der Waals surface area (Å²) in [6.07, 6.45) is 2.76. The number of carbonyl (C=O) groups is 1. The molecule has 0 bridgehead atoms. The lowest BCUT2D eigenvalue weighted by atomic mass is 10.2. The van der Waals surface area contributed by atoms with Crippen LogP contribution < -0.4 is 0 Å². The van der Waals surface area contributed by atoms with Crippen molar-refractivity contribution in [3.8, 4) is 0 Å². The van der Waals surface area contributed by atoms with Crippen molar-refractivity contribution >= 4 is 16.9 Å². The van der Waals surface area contributed by atoms with Crippen LogP contribution in [0.25, 0.3) is 0 Å². The van der Waals surface area contributed by atoms with Crippen molar-refractivity contribution in [2.75, 3.05) is 5.75 Å². The molecule has 1 aliphatic heterocycles. The van der Waals surface area contributed by atoms with E-state index in [2.05, 4.69) is 6.08 Å². The van der Waals surface area contributed by atoms with E-state index < -0.39 is 0 Å². The summed E-state index contributed by atoms with van der Waals surface area (Å²) in [7, 11) is 0. The standard InChI is InChI=1S/C6H8OS/c1-5-2-3-8-6(7)4-5/h2H,3-4H2,1H3. The van der Waals surface area contributed by atoms with Crippen molar-refractivity contribution in [3.05, 3.63) is 11.6 Å². The van der Waals surface area contributed by atoms with E-state index in [4.69, 9.17) is 0 Å². The van der Waals surface area contributed by atoms with E-state index in [0.29, 0.717) is 11.5 Å². The van der Waals surface area contributed by atoms with Crippen LogP contribution in [0.4, 0.5) is 0 Å². The van der Waals surface area contributed by atoms with E-state index in [-0.39, 0.29) is 0 Å². The molecule has 0 aliphatic carbocycles. The zero-order valence-electron chi connectivity index (χ0n) is 4.81. The number of thioether (sulfide) groups is 1. The van der Waals surface area contributed by atoms with Crippen LogP contribution in [-0.4, -0.2) is 10.9 Å². The van der Waals surface area contributed by atoms with Gasteiger partial charge in [-0.25, -0.2) is 0 Å². The van der Waals surface area contributed by atoms with Crippen molar-refractivity contribution in [2.45, 2.75) is 13.3 Å². The molecule has 2 heteroatoms.